The molecule has 32 heavy (non-hydrogen) atoms. The smallest absolute Gasteiger partial charge is 0.407 e. The van der Waals surface area contributed by atoms with Crippen molar-refractivity contribution in [2.24, 2.45) is 0 Å². The molecule has 1 aliphatic carbocycles. The standard InChI is InChI=1S/C24H28N2O6/c1-3-24(2,22(28)29)26-21(27)15-31-13-12-25-23(30)32-14-20-18-10-6-4-8-16(18)17-9-5-7-11-19(17)20/h4-11,20H,3,12-15H2,1-2H3,(H,25,30)(H,26,27)(H,28,29). The van der Waals surface area contributed by atoms with Gasteiger partial charge in [-0.3, -0.25) is 4.79 Å². The van der Waals surface area contributed by atoms with E-state index >= 15 is 0 Å². The van der Waals surface area contributed by atoms with Crippen molar-refractivity contribution in [1.82, 2.24) is 10.6 Å². The third kappa shape index (κ3) is 5.26. The molecule has 3 N–H and O–H groups in total. The average Bonchev–Trinajstić information content (AvgIpc) is 3.11. The first-order chi connectivity index (χ1) is 15.4. The highest BCUT2D eigenvalue weighted by Crippen LogP contribution is 2.44. The molecule has 1 aliphatic rings. The molecule has 0 radical (unpaired) electrons. The summed E-state index contributed by atoms with van der Waals surface area (Å²) >= 11 is 0. The van der Waals surface area contributed by atoms with Gasteiger partial charge in [0.2, 0.25) is 5.91 Å². The summed E-state index contributed by atoms with van der Waals surface area (Å²) in [5, 5.41) is 14.2. The van der Waals surface area contributed by atoms with Gasteiger partial charge in [-0.15, -0.1) is 0 Å². The van der Waals surface area contributed by atoms with Crippen molar-refractivity contribution in [3.63, 3.8) is 0 Å². The van der Waals surface area contributed by atoms with Crippen LogP contribution in [0.15, 0.2) is 48.5 Å². The molecular formula is C24H28N2O6. The Morgan fingerprint density at radius 2 is 1.62 bits per heavy atom. The Morgan fingerprint density at radius 1 is 1.03 bits per heavy atom. The summed E-state index contributed by atoms with van der Waals surface area (Å²) in [5.74, 6) is -1.65. The number of nitrogens with one attached hydrogen (secondary N) is 2. The van der Waals surface area contributed by atoms with Crippen LogP contribution in [0, 0.1) is 0 Å². The number of carboxylic acid groups (broad SMARTS) is 1. The zero-order valence-electron chi connectivity index (χ0n) is 18.2. The molecule has 0 aromatic heterocycles. The molecule has 0 saturated heterocycles. The molecule has 2 aromatic rings. The number of rotatable bonds is 10. The lowest BCUT2D eigenvalue weighted by molar-refractivity contribution is -0.147. The van der Waals surface area contributed by atoms with Gasteiger partial charge < -0.3 is 25.2 Å². The summed E-state index contributed by atoms with van der Waals surface area (Å²) in [6, 6.07) is 16.2. The van der Waals surface area contributed by atoms with Crippen molar-refractivity contribution in [2.75, 3.05) is 26.4 Å². The SMILES string of the molecule is CCC(C)(NC(=O)COCCNC(=O)OCC1c2ccccc2-c2ccccc21)C(=O)O. The van der Waals surface area contributed by atoms with Gasteiger partial charge in [0.05, 0.1) is 6.61 Å². The minimum absolute atomic E-state index is 0.0183. The number of hydrogen-bond donors (Lipinski definition) is 3. The number of carboxylic acids is 1. The fraction of sp³-hybridized carbons (Fsp3) is 0.375. The van der Waals surface area contributed by atoms with Crippen LogP contribution in [0.1, 0.15) is 37.3 Å². The molecule has 3 rings (SSSR count). The van der Waals surface area contributed by atoms with E-state index in [9.17, 15) is 19.5 Å². The van der Waals surface area contributed by atoms with Gasteiger partial charge in [-0.2, -0.15) is 0 Å². The van der Waals surface area contributed by atoms with E-state index in [2.05, 4.69) is 22.8 Å². The lowest BCUT2D eigenvalue weighted by Gasteiger charge is -2.24. The van der Waals surface area contributed by atoms with Crippen LogP contribution in [0.5, 0.6) is 0 Å². The van der Waals surface area contributed by atoms with E-state index in [0.29, 0.717) is 0 Å². The molecule has 0 bridgehead atoms. The van der Waals surface area contributed by atoms with E-state index < -0.39 is 23.5 Å². The third-order valence-corrected chi connectivity index (χ3v) is 5.69. The van der Waals surface area contributed by atoms with Gasteiger partial charge in [0, 0.05) is 12.5 Å². The second kappa shape index (κ2) is 10.3. The molecule has 170 valence electrons. The number of carbonyl (C=O) groups excluding carboxylic acids is 2. The van der Waals surface area contributed by atoms with Crippen molar-refractivity contribution in [2.45, 2.75) is 31.7 Å². The highest BCUT2D eigenvalue weighted by atomic mass is 16.5. The monoisotopic (exact) mass is 440 g/mol. The maximum absolute atomic E-state index is 12.1. The molecule has 0 heterocycles. The maximum Gasteiger partial charge on any atom is 0.407 e. The lowest BCUT2D eigenvalue weighted by Crippen LogP contribution is -2.52. The van der Waals surface area contributed by atoms with Crippen LogP contribution >= 0.6 is 0 Å². The quantitative estimate of drug-likeness (QED) is 0.490. The zero-order chi connectivity index (χ0) is 23.1. The zero-order valence-corrected chi connectivity index (χ0v) is 18.2. The predicted octanol–water partition coefficient (Wildman–Crippen LogP) is 2.91. The predicted molar refractivity (Wildman–Crippen MR) is 118 cm³/mol. The number of benzene rings is 2. The van der Waals surface area contributed by atoms with E-state index in [-0.39, 0.29) is 38.7 Å². The Balaban J connectivity index is 1.39. The Labute approximate surface area is 186 Å². The second-order valence-electron chi connectivity index (χ2n) is 7.84. The Hall–Kier alpha value is -3.39. The van der Waals surface area contributed by atoms with Crippen molar-refractivity contribution in [3.05, 3.63) is 59.7 Å². The van der Waals surface area contributed by atoms with E-state index in [1.54, 1.807) is 6.92 Å². The number of alkyl carbamates (subject to hydrolysis) is 1. The van der Waals surface area contributed by atoms with Gasteiger partial charge in [0.15, 0.2) is 0 Å². The molecule has 1 atom stereocenters. The molecule has 1 unspecified atom stereocenters. The van der Waals surface area contributed by atoms with Crippen molar-refractivity contribution in [3.8, 4) is 11.1 Å². The van der Waals surface area contributed by atoms with Crippen LogP contribution in [0.4, 0.5) is 4.79 Å². The second-order valence-corrected chi connectivity index (χ2v) is 7.84. The molecule has 0 spiro atoms. The molecule has 0 aliphatic heterocycles. The van der Waals surface area contributed by atoms with Crippen LogP contribution in [-0.2, 0) is 19.1 Å². The van der Waals surface area contributed by atoms with E-state index in [0.717, 1.165) is 22.3 Å². The average molecular weight is 440 g/mol. The third-order valence-electron chi connectivity index (χ3n) is 5.69. The summed E-state index contributed by atoms with van der Waals surface area (Å²) in [5.41, 5.74) is 3.25. The number of amides is 2. The van der Waals surface area contributed by atoms with Crippen molar-refractivity contribution >= 4 is 18.0 Å². The van der Waals surface area contributed by atoms with Crippen LogP contribution in [0.2, 0.25) is 0 Å². The number of carbonyl (C=O) groups is 3. The van der Waals surface area contributed by atoms with Gasteiger partial charge in [-0.1, -0.05) is 55.5 Å². The fourth-order valence-electron chi connectivity index (χ4n) is 3.68. The molecule has 8 nitrogen and oxygen atoms in total. The van der Waals surface area contributed by atoms with E-state index in [4.69, 9.17) is 9.47 Å². The Morgan fingerprint density at radius 3 is 2.19 bits per heavy atom. The largest absolute Gasteiger partial charge is 0.480 e. The van der Waals surface area contributed by atoms with Crippen molar-refractivity contribution in [1.29, 1.82) is 0 Å². The van der Waals surface area contributed by atoms with Gasteiger partial charge in [0.1, 0.15) is 18.8 Å². The van der Waals surface area contributed by atoms with Crippen molar-refractivity contribution < 1.29 is 29.0 Å². The first-order valence-corrected chi connectivity index (χ1v) is 10.6. The van der Waals surface area contributed by atoms with E-state index in [1.807, 2.05) is 36.4 Å². The number of hydrogen-bond acceptors (Lipinski definition) is 5. The Kier molecular flexibility index (Phi) is 7.48. The topological polar surface area (TPSA) is 114 Å². The minimum Gasteiger partial charge on any atom is -0.480 e. The molecule has 2 amide bonds. The molecule has 0 saturated carbocycles. The summed E-state index contributed by atoms with van der Waals surface area (Å²) < 4.78 is 10.6. The van der Waals surface area contributed by atoms with Crippen LogP contribution in [0.3, 0.4) is 0 Å². The van der Waals surface area contributed by atoms with Gasteiger partial charge in [0.25, 0.3) is 0 Å². The molecule has 0 fully saturated rings. The normalized spacial score (nSPS) is 14.1. The number of ether oxygens (including phenoxy) is 2. The summed E-state index contributed by atoms with van der Waals surface area (Å²) in [6.07, 6.45) is -0.318. The highest BCUT2D eigenvalue weighted by molar-refractivity contribution is 5.87. The van der Waals surface area contributed by atoms with Crippen LogP contribution < -0.4 is 10.6 Å². The van der Waals surface area contributed by atoms with Crippen LogP contribution in [0.25, 0.3) is 11.1 Å². The maximum atomic E-state index is 12.1. The lowest BCUT2D eigenvalue weighted by atomic mass is 9.98. The summed E-state index contributed by atoms with van der Waals surface area (Å²) in [7, 11) is 0. The number of fused-ring (bicyclic) bond motifs is 3. The van der Waals surface area contributed by atoms with Gasteiger partial charge in [-0.05, 0) is 35.6 Å². The highest BCUT2D eigenvalue weighted by Gasteiger charge is 2.32. The van der Waals surface area contributed by atoms with Gasteiger partial charge >= 0.3 is 12.1 Å². The first kappa shape index (κ1) is 23.3. The van der Waals surface area contributed by atoms with Crippen LogP contribution in [-0.4, -0.2) is 55.0 Å². The summed E-state index contributed by atoms with van der Waals surface area (Å²) in [6.45, 7) is 3.28. The van der Waals surface area contributed by atoms with Gasteiger partial charge in [-0.25, -0.2) is 9.59 Å². The van der Waals surface area contributed by atoms with E-state index in [1.165, 1.54) is 6.92 Å². The molecule has 8 heteroatoms. The number of aliphatic carboxylic acids is 1. The molecule has 2 aromatic carbocycles. The Bertz CT molecular complexity index is 946. The summed E-state index contributed by atoms with van der Waals surface area (Å²) in [4.78, 5) is 35.2. The first-order valence-electron chi connectivity index (χ1n) is 10.6. The minimum atomic E-state index is -1.33. The molecular weight excluding hydrogens is 412 g/mol. The fourth-order valence-corrected chi connectivity index (χ4v) is 3.68.